The van der Waals surface area contributed by atoms with E-state index in [4.69, 9.17) is 0 Å². The van der Waals surface area contributed by atoms with E-state index in [1.165, 1.54) is 11.1 Å². The minimum absolute atomic E-state index is 0. The second kappa shape index (κ2) is 3.09. The van der Waals surface area contributed by atoms with Crippen LogP contribution in [0.4, 0.5) is 0 Å². The monoisotopic (exact) mass is 151 g/mol. The Morgan fingerprint density at radius 3 is 2.25 bits per heavy atom. The van der Waals surface area contributed by atoms with Gasteiger partial charge in [0.2, 0.25) is 0 Å². The molecule has 1 heteroatoms. The van der Waals surface area contributed by atoms with Crippen molar-refractivity contribution in [1.29, 1.82) is 0 Å². The predicted molar refractivity (Wildman–Crippen MR) is 30.8 cm³/mol. The van der Waals surface area contributed by atoms with Crippen molar-refractivity contribution in [1.82, 2.24) is 0 Å². The first-order chi connectivity index (χ1) is 3.30. The van der Waals surface area contributed by atoms with Gasteiger partial charge in [-0.15, -0.1) is 13.3 Å². The Balaban J connectivity index is 0.000000490. The Labute approximate surface area is 60.6 Å². The Morgan fingerprint density at radius 2 is 2.12 bits per heavy atom. The van der Waals surface area contributed by atoms with Gasteiger partial charge < -0.3 is 0 Å². The van der Waals surface area contributed by atoms with Crippen molar-refractivity contribution in [2.75, 3.05) is 0 Å². The number of rotatable bonds is 0. The first kappa shape index (κ1) is 7.97. The summed E-state index contributed by atoms with van der Waals surface area (Å²) in [7, 11) is 0. The average molecular weight is 152 g/mol. The quantitative estimate of drug-likeness (QED) is 0.368. The van der Waals surface area contributed by atoms with Crippen LogP contribution in [0.1, 0.15) is 20.3 Å². The maximum Gasteiger partial charge on any atom is 0 e. The Bertz CT molecular complexity index is 115. The minimum atomic E-state index is 0. The summed E-state index contributed by atoms with van der Waals surface area (Å²) in [6.45, 7) is 4.22. The van der Waals surface area contributed by atoms with Gasteiger partial charge in [-0.1, -0.05) is 6.92 Å². The van der Waals surface area contributed by atoms with E-state index in [0.29, 0.717) is 0 Å². The standard InChI is InChI=1S/C7H9.Ni/c1-6-4-3-5-7(6)2;/h4H,3H2,1-2H3;/q-1;. The van der Waals surface area contributed by atoms with E-state index in [0.717, 1.165) is 6.42 Å². The summed E-state index contributed by atoms with van der Waals surface area (Å²) in [5.41, 5.74) is 2.71. The Kier molecular flexibility index (Phi) is 3.08. The molecule has 0 aromatic rings. The van der Waals surface area contributed by atoms with Gasteiger partial charge in [0.25, 0.3) is 0 Å². The largest absolute Gasteiger partial charge is 0.270 e. The number of hydrogen-bond donors (Lipinski definition) is 0. The molecule has 0 heterocycles. The average Bonchev–Trinajstić information content (AvgIpc) is 1.91. The Hall–Kier alpha value is -0.0265. The zero-order valence-electron chi connectivity index (χ0n) is 5.10. The smallest absolute Gasteiger partial charge is 0 e. The van der Waals surface area contributed by atoms with E-state index in [1.54, 1.807) is 0 Å². The van der Waals surface area contributed by atoms with Gasteiger partial charge in [-0.25, -0.2) is 11.1 Å². The van der Waals surface area contributed by atoms with Crippen LogP contribution < -0.4 is 0 Å². The fraction of sp³-hybridized carbons (Fsp3) is 0.429. The van der Waals surface area contributed by atoms with Crippen molar-refractivity contribution in [3.8, 4) is 0 Å². The van der Waals surface area contributed by atoms with E-state index < -0.39 is 0 Å². The molecule has 0 aromatic heterocycles. The number of allylic oxidation sites excluding steroid dienone is 4. The first-order valence-electron chi connectivity index (χ1n) is 2.55. The van der Waals surface area contributed by atoms with Crippen LogP contribution in [0.2, 0.25) is 0 Å². The molecule has 0 bridgehead atoms. The van der Waals surface area contributed by atoms with Crippen molar-refractivity contribution in [2.45, 2.75) is 20.3 Å². The van der Waals surface area contributed by atoms with Gasteiger partial charge in [-0.3, -0.25) is 6.08 Å². The second-order valence-electron chi connectivity index (χ2n) is 1.89. The van der Waals surface area contributed by atoms with Crippen LogP contribution in [0.5, 0.6) is 0 Å². The van der Waals surface area contributed by atoms with E-state index in [-0.39, 0.29) is 16.5 Å². The van der Waals surface area contributed by atoms with Crippen LogP contribution in [0.15, 0.2) is 17.2 Å². The van der Waals surface area contributed by atoms with Crippen molar-refractivity contribution in [2.24, 2.45) is 0 Å². The first-order valence-corrected chi connectivity index (χ1v) is 2.55. The third kappa shape index (κ3) is 1.49. The van der Waals surface area contributed by atoms with Crippen molar-refractivity contribution >= 4 is 0 Å². The number of hydrogen-bond acceptors (Lipinski definition) is 0. The van der Waals surface area contributed by atoms with Crippen LogP contribution in [-0.2, 0) is 16.5 Å². The Morgan fingerprint density at radius 1 is 1.50 bits per heavy atom. The summed E-state index contributed by atoms with van der Waals surface area (Å²) in [5.74, 6) is 0. The van der Waals surface area contributed by atoms with Gasteiger partial charge in [0.1, 0.15) is 0 Å². The fourth-order valence-electron chi connectivity index (χ4n) is 0.650. The van der Waals surface area contributed by atoms with Crippen LogP contribution in [0.3, 0.4) is 0 Å². The maximum absolute atomic E-state index is 3.19. The van der Waals surface area contributed by atoms with Crippen LogP contribution >= 0.6 is 0 Å². The zero-order chi connectivity index (χ0) is 5.28. The molecule has 0 saturated carbocycles. The summed E-state index contributed by atoms with van der Waals surface area (Å²) < 4.78 is 0. The van der Waals surface area contributed by atoms with Crippen LogP contribution in [0.25, 0.3) is 0 Å². The molecular formula is C7H9Ni-. The molecule has 0 nitrogen and oxygen atoms in total. The topological polar surface area (TPSA) is 0 Å². The summed E-state index contributed by atoms with van der Waals surface area (Å²) in [5, 5.41) is 0. The molecule has 48 valence electrons. The molecule has 1 aliphatic rings. The molecule has 0 amide bonds. The molecule has 1 rings (SSSR count). The molecule has 0 fully saturated rings. The van der Waals surface area contributed by atoms with E-state index in [9.17, 15) is 0 Å². The second-order valence-corrected chi connectivity index (χ2v) is 1.89. The molecule has 0 radical (unpaired) electrons. The zero-order valence-corrected chi connectivity index (χ0v) is 6.09. The summed E-state index contributed by atoms with van der Waals surface area (Å²) in [6, 6.07) is 0. The molecule has 1 aliphatic carbocycles. The third-order valence-corrected chi connectivity index (χ3v) is 1.37. The normalized spacial score (nSPS) is 16.8. The molecule has 8 heavy (non-hydrogen) atoms. The van der Waals surface area contributed by atoms with Gasteiger partial charge in [-0.05, 0) is 0 Å². The van der Waals surface area contributed by atoms with E-state index in [2.05, 4.69) is 26.0 Å². The molecular weight excluding hydrogens is 143 g/mol. The fourth-order valence-corrected chi connectivity index (χ4v) is 0.650. The molecule has 0 N–H and O–H groups in total. The minimum Gasteiger partial charge on any atom is -0.270 e. The van der Waals surface area contributed by atoms with Crippen LogP contribution in [0, 0.1) is 6.08 Å². The third-order valence-electron chi connectivity index (χ3n) is 1.37. The molecule has 0 atom stereocenters. The van der Waals surface area contributed by atoms with E-state index >= 15 is 0 Å². The van der Waals surface area contributed by atoms with Gasteiger partial charge in [0.15, 0.2) is 0 Å². The maximum atomic E-state index is 3.19. The summed E-state index contributed by atoms with van der Waals surface area (Å²) >= 11 is 0. The summed E-state index contributed by atoms with van der Waals surface area (Å²) in [6.07, 6.45) is 6.41. The van der Waals surface area contributed by atoms with Crippen molar-refractivity contribution in [3.63, 3.8) is 0 Å². The van der Waals surface area contributed by atoms with Crippen LogP contribution in [-0.4, -0.2) is 0 Å². The van der Waals surface area contributed by atoms with Gasteiger partial charge >= 0.3 is 0 Å². The molecule has 0 saturated heterocycles. The van der Waals surface area contributed by atoms with E-state index in [1.807, 2.05) is 0 Å². The van der Waals surface area contributed by atoms with Gasteiger partial charge in [0.05, 0.1) is 0 Å². The molecule has 0 unspecified atom stereocenters. The molecule has 0 aliphatic heterocycles. The SMILES string of the molecule is CC1=[C-]CC=C1C.[Ni]. The van der Waals surface area contributed by atoms with Crippen molar-refractivity contribution in [3.05, 3.63) is 23.3 Å². The molecule has 0 spiro atoms. The summed E-state index contributed by atoms with van der Waals surface area (Å²) in [4.78, 5) is 0. The molecule has 0 aromatic carbocycles. The van der Waals surface area contributed by atoms with Gasteiger partial charge in [0, 0.05) is 16.5 Å². The predicted octanol–water partition coefficient (Wildman–Crippen LogP) is 2.08. The van der Waals surface area contributed by atoms with Gasteiger partial charge in [-0.2, -0.15) is 6.08 Å². The van der Waals surface area contributed by atoms with Crippen molar-refractivity contribution < 1.29 is 16.5 Å².